The highest BCUT2D eigenvalue weighted by Crippen LogP contribution is 2.44. The SMILES string of the molecule is CCOC(=O)C1CC(C(=O)NCc2ccc(F)cc2)N(C(=O)Nc2cccc(C)c2)C1c1ccc(OC)c(Br)c1. The van der Waals surface area contributed by atoms with E-state index in [1.807, 2.05) is 25.1 Å². The lowest BCUT2D eigenvalue weighted by Crippen LogP contribution is -2.48. The third-order valence-corrected chi connectivity index (χ3v) is 7.41. The van der Waals surface area contributed by atoms with E-state index in [9.17, 15) is 18.8 Å². The number of ether oxygens (including phenoxy) is 2. The van der Waals surface area contributed by atoms with Crippen molar-refractivity contribution in [2.24, 2.45) is 5.92 Å². The molecule has 0 aliphatic carbocycles. The molecule has 0 radical (unpaired) electrons. The van der Waals surface area contributed by atoms with Crippen molar-refractivity contribution in [1.29, 1.82) is 0 Å². The Kier molecular flexibility index (Phi) is 9.42. The van der Waals surface area contributed by atoms with Gasteiger partial charge in [0, 0.05) is 12.2 Å². The van der Waals surface area contributed by atoms with E-state index in [4.69, 9.17) is 9.47 Å². The molecule has 0 aromatic heterocycles. The van der Waals surface area contributed by atoms with Gasteiger partial charge in [-0.1, -0.05) is 30.3 Å². The Hall–Kier alpha value is -3.92. The van der Waals surface area contributed by atoms with Crippen LogP contribution in [0.4, 0.5) is 14.9 Å². The number of hydrogen-bond donors (Lipinski definition) is 2. The lowest BCUT2D eigenvalue weighted by Gasteiger charge is -2.31. The number of nitrogens with zero attached hydrogens (tertiary/aromatic N) is 1. The highest BCUT2D eigenvalue weighted by molar-refractivity contribution is 9.10. The summed E-state index contributed by atoms with van der Waals surface area (Å²) in [6, 6.07) is 16.1. The van der Waals surface area contributed by atoms with Crippen molar-refractivity contribution in [3.63, 3.8) is 0 Å². The number of likely N-dealkylation sites (tertiary alicyclic amines) is 1. The number of amides is 3. The second-order valence-electron chi connectivity index (χ2n) is 9.50. The van der Waals surface area contributed by atoms with Crippen LogP contribution in [0, 0.1) is 18.7 Å². The normalized spacial score (nSPS) is 18.2. The van der Waals surface area contributed by atoms with Gasteiger partial charge >= 0.3 is 12.0 Å². The summed E-state index contributed by atoms with van der Waals surface area (Å²) >= 11 is 3.49. The minimum absolute atomic E-state index is 0.0592. The molecular formula is C30H31BrFN3O5. The lowest BCUT2D eigenvalue weighted by atomic mass is 9.93. The molecule has 3 atom stereocenters. The number of benzene rings is 3. The molecule has 0 saturated carbocycles. The molecule has 210 valence electrons. The van der Waals surface area contributed by atoms with Gasteiger partial charge in [-0.15, -0.1) is 0 Å². The molecular weight excluding hydrogens is 581 g/mol. The zero-order valence-electron chi connectivity index (χ0n) is 22.4. The summed E-state index contributed by atoms with van der Waals surface area (Å²) < 4.78 is 24.7. The number of rotatable bonds is 8. The molecule has 3 aromatic carbocycles. The molecule has 1 fully saturated rings. The van der Waals surface area contributed by atoms with E-state index in [0.717, 1.165) is 5.56 Å². The molecule has 1 aliphatic rings. The van der Waals surface area contributed by atoms with Gasteiger partial charge in [0.05, 0.1) is 30.1 Å². The minimum atomic E-state index is -0.981. The molecule has 3 aromatic rings. The fourth-order valence-corrected chi connectivity index (χ4v) is 5.48. The average molecular weight is 612 g/mol. The van der Waals surface area contributed by atoms with Gasteiger partial charge in [0.1, 0.15) is 17.6 Å². The van der Waals surface area contributed by atoms with Crippen LogP contribution in [0.1, 0.15) is 36.1 Å². The Morgan fingerprint density at radius 3 is 2.48 bits per heavy atom. The topological polar surface area (TPSA) is 97.0 Å². The first kappa shape index (κ1) is 29.1. The van der Waals surface area contributed by atoms with Crippen LogP contribution in [-0.2, 0) is 20.9 Å². The van der Waals surface area contributed by atoms with Gasteiger partial charge in [-0.3, -0.25) is 9.59 Å². The summed E-state index contributed by atoms with van der Waals surface area (Å²) in [4.78, 5) is 42.1. The summed E-state index contributed by atoms with van der Waals surface area (Å²) in [6.45, 7) is 3.91. The van der Waals surface area contributed by atoms with E-state index < -0.39 is 35.9 Å². The van der Waals surface area contributed by atoms with Gasteiger partial charge in [0.25, 0.3) is 0 Å². The zero-order valence-corrected chi connectivity index (χ0v) is 24.0. The highest BCUT2D eigenvalue weighted by Gasteiger charge is 2.51. The smallest absolute Gasteiger partial charge is 0.323 e. The number of nitrogens with one attached hydrogen (secondary N) is 2. The molecule has 1 aliphatic heterocycles. The van der Waals surface area contributed by atoms with Gasteiger partial charge in [-0.2, -0.15) is 0 Å². The monoisotopic (exact) mass is 611 g/mol. The van der Waals surface area contributed by atoms with Crippen LogP contribution in [0.5, 0.6) is 5.75 Å². The van der Waals surface area contributed by atoms with Gasteiger partial charge in [0.15, 0.2) is 0 Å². The first-order valence-corrected chi connectivity index (χ1v) is 13.7. The number of methoxy groups -OCH3 is 1. The molecule has 1 saturated heterocycles. The molecule has 10 heteroatoms. The third kappa shape index (κ3) is 6.62. The van der Waals surface area contributed by atoms with E-state index >= 15 is 0 Å². The van der Waals surface area contributed by atoms with E-state index in [-0.39, 0.29) is 25.4 Å². The van der Waals surface area contributed by atoms with Gasteiger partial charge in [0.2, 0.25) is 5.91 Å². The number of urea groups is 1. The van der Waals surface area contributed by atoms with Gasteiger partial charge < -0.3 is 25.0 Å². The maximum atomic E-state index is 13.9. The molecule has 0 bridgehead atoms. The fourth-order valence-electron chi connectivity index (χ4n) is 4.93. The summed E-state index contributed by atoms with van der Waals surface area (Å²) in [5.41, 5.74) is 2.85. The van der Waals surface area contributed by atoms with E-state index in [0.29, 0.717) is 27.0 Å². The second-order valence-corrected chi connectivity index (χ2v) is 10.4. The molecule has 1 heterocycles. The number of esters is 1. The van der Waals surface area contributed by atoms with Crippen molar-refractivity contribution in [2.75, 3.05) is 19.0 Å². The van der Waals surface area contributed by atoms with Crippen molar-refractivity contribution in [3.8, 4) is 5.75 Å². The summed E-state index contributed by atoms with van der Waals surface area (Å²) in [6.07, 6.45) is 0.0592. The van der Waals surface area contributed by atoms with E-state index in [2.05, 4.69) is 26.6 Å². The van der Waals surface area contributed by atoms with Crippen molar-refractivity contribution in [2.45, 2.75) is 38.9 Å². The number of carbonyl (C=O) groups is 3. The van der Waals surface area contributed by atoms with E-state index in [1.54, 1.807) is 50.4 Å². The number of anilines is 1. The molecule has 4 rings (SSSR count). The first-order chi connectivity index (χ1) is 19.2. The maximum absolute atomic E-state index is 13.9. The quantitative estimate of drug-likeness (QED) is 0.316. The average Bonchev–Trinajstić information content (AvgIpc) is 3.34. The Morgan fingerprint density at radius 1 is 1.07 bits per heavy atom. The lowest BCUT2D eigenvalue weighted by molar-refractivity contribution is -0.148. The Balaban J connectivity index is 1.72. The zero-order chi connectivity index (χ0) is 28.8. The van der Waals surface area contributed by atoms with Crippen molar-refractivity contribution in [1.82, 2.24) is 10.2 Å². The predicted molar refractivity (Wildman–Crippen MR) is 152 cm³/mol. The Bertz CT molecular complexity index is 1380. The largest absolute Gasteiger partial charge is 0.496 e. The summed E-state index contributed by atoms with van der Waals surface area (Å²) in [5, 5.41) is 5.74. The number of carbonyl (C=O) groups excluding carboxylic acids is 3. The number of aryl methyl sites for hydroxylation is 1. The number of halogens is 2. The van der Waals surface area contributed by atoms with Crippen LogP contribution in [0.3, 0.4) is 0 Å². The molecule has 8 nitrogen and oxygen atoms in total. The van der Waals surface area contributed by atoms with Crippen molar-refractivity contribution >= 4 is 39.5 Å². The molecule has 40 heavy (non-hydrogen) atoms. The van der Waals surface area contributed by atoms with Crippen LogP contribution in [0.2, 0.25) is 0 Å². The molecule has 3 amide bonds. The first-order valence-electron chi connectivity index (χ1n) is 12.9. The summed E-state index contributed by atoms with van der Waals surface area (Å²) in [5.74, 6) is -1.53. The van der Waals surface area contributed by atoms with Crippen LogP contribution in [0.25, 0.3) is 0 Å². The van der Waals surface area contributed by atoms with Crippen LogP contribution in [-0.4, -0.2) is 42.6 Å². The van der Waals surface area contributed by atoms with Gasteiger partial charge in [-0.05, 0) is 89.3 Å². The number of hydrogen-bond acceptors (Lipinski definition) is 5. The Labute approximate surface area is 241 Å². The molecule has 3 unspecified atom stereocenters. The van der Waals surface area contributed by atoms with Crippen LogP contribution < -0.4 is 15.4 Å². The molecule has 2 N–H and O–H groups in total. The standard InChI is InChI=1S/C30H31BrFN3O5/c1-4-40-29(37)23-16-25(28(36)33-17-19-8-11-21(32)12-9-19)35(30(38)34-22-7-5-6-18(2)14-22)27(23)20-10-13-26(39-3)24(31)15-20/h5-15,23,25,27H,4,16-17H2,1-3H3,(H,33,36)(H,34,38). The molecule has 0 spiro atoms. The highest BCUT2D eigenvalue weighted by atomic mass is 79.9. The third-order valence-electron chi connectivity index (χ3n) is 6.79. The fraction of sp³-hybridized carbons (Fsp3) is 0.300. The van der Waals surface area contributed by atoms with Crippen LogP contribution in [0.15, 0.2) is 71.2 Å². The van der Waals surface area contributed by atoms with Gasteiger partial charge in [-0.25, -0.2) is 9.18 Å². The second kappa shape index (κ2) is 13.0. The maximum Gasteiger partial charge on any atom is 0.323 e. The minimum Gasteiger partial charge on any atom is -0.496 e. The van der Waals surface area contributed by atoms with E-state index in [1.165, 1.54) is 17.0 Å². The van der Waals surface area contributed by atoms with Crippen molar-refractivity contribution < 1.29 is 28.2 Å². The van der Waals surface area contributed by atoms with Crippen LogP contribution >= 0.6 is 15.9 Å². The Morgan fingerprint density at radius 2 is 1.82 bits per heavy atom. The summed E-state index contributed by atoms with van der Waals surface area (Å²) in [7, 11) is 1.54. The van der Waals surface area contributed by atoms with Crippen molar-refractivity contribution in [3.05, 3.63) is 93.7 Å². The predicted octanol–water partition coefficient (Wildman–Crippen LogP) is 5.75.